The molecule has 1 aromatic rings. The van der Waals surface area contributed by atoms with Gasteiger partial charge in [-0.05, 0) is 0 Å². The number of ether oxygens (including phenoxy) is 2. The zero-order valence-corrected chi connectivity index (χ0v) is 15.0. The predicted octanol–water partition coefficient (Wildman–Crippen LogP) is -0.235. The number of methoxy groups -OCH3 is 1. The summed E-state index contributed by atoms with van der Waals surface area (Å²) in [5.74, 6) is -0.404. The molecule has 0 radical (unpaired) electrons. The Balaban J connectivity index is 1.52. The fraction of sp³-hybridized carbons (Fsp3) is 0.647. The minimum Gasteiger partial charge on any atom is -0.424 e. The van der Waals surface area contributed by atoms with Crippen molar-refractivity contribution in [3.63, 3.8) is 0 Å². The molecule has 1 aromatic heterocycles. The molecule has 0 N–H and O–H groups in total. The molecule has 4 atom stereocenters. The van der Waals surface area contributed by atoms with Crippen LogP contribution in [0.5, 0.6) is 0 Å². The summed E-state index contributed by atoms with van der Waals surface area (Å²) in [6.45, 7) is 3.31. The van der Waals surface area contributed by atoms with Crippen molar-refractivity contribution in [3.8, 4) is 0 Å². The maximum Gasteiger partial charge on any atom is 0.235 e. The molecule has 3 aliphatic heterocycles. The topological polar surface area (TPSA) is 98.0 Å². The van der Waals surface area contributed by atoms with Crippen molar-refractivity contribution < 1.29 is 23.5 Å². The van der Waals surface area contributed by atoms with Crippen molar-refractivity contribution in [1.82, 2.24) is 20.0 Å². The van der Waals surface area contributed by atoms with E-state index in [9.17, 15) is 9.59 Å². The van der Waals surface area contributed by atoms with Gasteiger partial charge in [0.2, 0.25) is 23.6 Å². The number of rotatable bonds is 6. The SMILES string of the molecule is COCCN1C[C@@]23C=C[C@@H](O2)C(C(=O)N(C)Cc2nnc(C)o2)C3C1=O. The molecule has 3 aliphatic rings. The minimum absolute atomic E-state index is 0.0470. The summed E-state index contributed by atoms with van der Waals surface area (Å²) in [5, 5.41) is 7.70. The van der Waals surface area contributed by atoms with Gasteiger partial charge in [0.25, 0.3) is 0 Å². The second kappa shape index (κ2) is 6.17. The summed E-state index contributed by atoms with van der Waals surface area (Å²) in [5.41, 5.74) is -0.697. The third kappa shape index (κ3) is 2.53. The standard InChI is InChI=1S/C17H22N4O5/c1-10-18-19-12(25-10)8-20(2)15(22)13-11-4-5-17(26-11)9-21(6-7-24-3)16(23)14(13)17/h4-5,11,13-14H,6-9H2,1-3H3/t11-,13?,14?,17-/m1/s1. The van der Waals surface area contributed by atoms with Crippen LogP contribution in [-0.2, 0) is 25.6 Å². The van der Waals surface area contributed by atoms with E-state index in [1.165, 1.54) is 4.90 Å². The predicted molar refractivity (Wildman–Crippen MR) is 87.7 cm³/mol. The molecule has 0 saturated carbocycles. The van der Waals surface area contributed by atoms with E-state index in [4.69, 9.17) is 13.9 Å². The van der Waals surface area contributed by atoms with Crippen LogP contribution < -0.4 is 0 Å². The molecule has 2 unspecified atom stereocenters. The Bertz CT molecular complexity index is 762. The van der Waals surface area contributed by atoms with E-state index in [0.717, 1.165) is 0 Å². The number of aryl methyl sites for hydroxylation is 1. The second-order valence-electron chi connectivity index (χ2n) is 7.06. The molecule has 9 nitrogen and oxygen atoms in total. The molecule has 26 heavy (non-hydrogen) atoms. The summed E-state index contributed by atoms with van der Waals surface area (Å²) < 4.78 is 16.5. The molecule has 4 heterocycles. The first kappa shape index (κ1) is 17.2. The minimum atomic E-state index is -0.697. The zero-order valence-electron chi connectivity index (χ0n) is 15.0. The van der Waals surface area contributed by atoms with Gasteiger partial charge in [0, 0.05) is 27.6 Å². The molecule has 2 fully saturated rings. The van der Waals surface area contributed by atoms with Crippen LogP contribution in [0.1, 0.15) is 11.8 Å². The highest BCUT2D eigenvalue weighted by Gasteiger charge is 2.67. The van der Waals surface area contributed by atoms with E-state index in [-0.39, 0.29) is 24.5 Å². The lowest BCUT2D eigenvalue weighted by Crippen LogP contribution is -2.44. The third-order valence-corrected chi connectivity index (χ3v) is 5.35. The first-order valence-corrected chi connectivity index (χ1v) is 8.64. The Morgan fingerprint density at radius 2 is 2.31 bits per heavy atom. The van der Waals surface area contributed by atoms with Crippen molar-refractivity contribution >= 4 is 11.8 Å². The Labute approximate surface area is 150 Å². The number of carbonyl (C=O) groups is 2. The summed E-state index contributed by atoms with van der Waals surface area (Å²) in [6, 6.07) is 0. The Morgan fingerprint density at radius 3 is 3.00 bits per heavy atom. The van der Waals surface area contributed by atoms with Crippen LogP contribution in [0.4, 0.5) is 0 Å². The van der Waals surface area contributed by atoms with E-state index in [0.29, 0.717) is 31.5 Å². The summed E-state index contributed by atoms with van der Waals surface area (Å²) in [4.78, 5) is 29.2. The number of nitrogens with zero attached hydrogens (tertiary/aromatic N) is 4. The van der Waals surface area contributed by atoms with Gasteiger partial charge in [-0.25, -0.2) is 0 Å². The van der Waals surface area contributed by atoms with Crippen LogP contribution in [0, 0.1) is 18.8 Å². The highest BCUT2D eigenvalue weighted by molar-refractivity contribution is 5.92. The average molecular weight is 362 g/mol. The molecule has 2 bridgehead atoms. The van der Waals surface area contributed by atoms with Crippen molar-refractivity contribution in [2.45, 2.75) is 25.2 Å². The lowest BCUT2D eigenvalue weighted by Gasteiger charge is -2.27. The van der Waals surface area contributed by atoms with Gasteiger partial charge in [-0.1, -0.05) is 12.2 Å². The van der Waals surface area contributed by atoms with E-state index < -0.39 is 17.4 Å². The Kier molecular flexibility index (Phi) is 4.07. The van der Waals surface area contributed by atoms with Gasteiger partial charge in [-0.2, -0.15) is 0 Å². The Morgan fingerprint density at radius 1 is 1.50 bits per heavy atom. The first-order chi connectivity index (χ1) is 12.4. The van der Waals surface area contributed by atoms with E-state index in [2.05, 4.69) is 10.2 Å². The molecular formula is C17H22N4O5. The zero-order chi connectivity index (χ0) is 18.5. The van der Waals surface area contributed by atoms with Crippen LogP contribution in [-0.4, -0.2) is 77.4 Å². The smallest absolute Gasteiger partial charge is 0.235 e. The highest BCUT2D eigenvalue weighted by atomic mass is 16.5. The summed E-state index contributed by atoms with van der Waals surface area (Å²) >= 11 is 0. The van der Waals surface area contributed by atoms with Crippen LogP contribution in [0.25, 0.3) is 0 Å². The number of carbonyl (C=O) groups excluding carboxylic acids is 2. The first-order valence-electron chi connectivity index (χ1n) is 8.64. The maximum absolute atomic E-state index is 13.1. The van der Waals surface area contributed by atoms with Crippen molar-refractivity contribution in [2.75, 3.05) is 33.9 Å². The summed E-state index contributed by atoms with van der Waals surface area (Å²) in [7, 11) is 3.27. The number of amides is 2. The molecule has 2 saturated heterocycles. The molecule has 0 aromatic carbocycles. The quantitative estimate of drug-likeness (QED) is 0.645. The monoisotopic (exact) mass is 362 g/mol. The van der Waals surface area contributed by atoms with Gasteiger partial charge in [0.15, 0.2) is 0 Å². The fourth-order valence-corrected chi connectivity index (χ4v) is 4.19. The fourth-order valence-electron chi connectivity index (χ4n) is 4.19. The van der Waals surface area contributed by atoms with Gasteiger partial charge in [0.1, 0.15) is 5.60 Å². The van der Waals surface area contributed by atoms with Crippen molar-refractivity contribution in [1.29, 1.82) is 0 Å². The van der Waals surface area contributed by atoms with Gasteiger partial charge < -0.3 is 23.7 Å². The van der Waals surface area contributed by atoms with Gasteiger partial charge in [0.05, 0.1) is 37.6 Å². The lowest BCUT2D eigenvalue weighted by molar-refractivity contribution is -0.143. The van der Waals surface area contributed by atoms with E-state index in [1.54, 1.807) is 26.0 Å². The van der Waals surface area contributed by atoms with Crippen molar-refractivity contribution in [3.05, 3.63) is 23.9 Å². The lowest BCUT2D eigenvalue weighted by atomic mass is 9.76. The largest absolute Gasteiger partial charge is 0.424 e. The number of aromatic nitrogens is 2. The number of hydrogen-bond acceptors (Lipinski definition) is 7. The third-order valence-electron chi connectivity index (χ3n) is 5.35. The Hall–Kier alpha value is -2.26. The van der Waals surface area contributed by atoms with E-state index >= 15 is 0 Å². The second-order valence-corrected chi connectivity index (χ2v) is 7.06. The van der Waals surface area contributed by atoms with Crippen LogP contribution in [0.3, 0.4) is 0 Å². The molecule has 0 aliphatic carbocycles. The molecule has 140 valence electrons. The molecule has 4 rings (SSSR count). The molecule has 9 heteroatoms. The number of likely N-dealkylation sites (tertiary alicyclic amines) is 1. The summed E-state index contributed by atoms with van der Waals surface area (Å²) in [6.07, 6.45) is 3.47. The van der Waals surface area contributed by atoms with Crippen molar-refractivity contribution in [2.24, 2.45) is 11.8 Å². The number of fused-ring (bicyclic) bond motifs is 1. The van der Waals surface area contributed by atoms with Gasteiger partial charge >= 0.3 is 0 Å². The van der Waals surface area contributed by atoms with E-state index in [1.807, 2.05) is 12.2 Å². The van der Waals surface area contributed by atoms with Crippen LogP contribution >= 0.6 is 0 Å². The van der Waals surface area contributed by atoms with Crippen LogP contribution in [0.15, 0.2) is 16.6 Å². The van der Waals surface area contributed by atoms with Gasteiger partial charge in [-0.15, -0.1) is 10.2 Å². The normalized spacial score (nSPS) is 31.7. The van der Waals surface area contributed by atoms with Crippen LogP contribution in [0.2, 0.25) is 0 Å². The average Bonchev–Trinajstić information content (AvgIpc) is 3.34. The molecule has 2 amide bonds. The molecular weight excluding hydrogens is 340 g/mol. The number of hydrogen-bond donors (Lipinski definition) is 0. The maximum atomic E-state index is 13.1. The highest BCUT2D eigenvalue weighted by Crippen LogP contribution is 2.52. The molecule has 1 spiro atoms. The van der Waals surface area contributed by atoms with Gasteiger partial charge in [-0.3, -0.25) is 9.59 Å².